The van der Waals surface area contributed by atoms with E-state index < -0.39 is 0 Å². The third kappa shape index (κ3) is 2.33. The van der Waals surface area contributed by atoms with Gasteiger partial charge in [0.1, 0.15) is 5.75 Å². The summed E-state index contributed by atoms with van der Waals surface area (Å²) in [5.41, 5.74) is 4.63. The van der Waals surface area contributed by atoms with Crippen molar-refractivity contribution in [1.82, 2.24) is 4.90 Å². The first-order valence-corrected chi connectivity index (χ1v) is 8.11. The molecule has 1 heterocycles. The first kappa shape index (κ1) is 14.4. The molecule has 0 saturated heterocycles. The van der Waals surface area contributed by atoms with E-state index in [0.29, 0.717) is 11.7 Å². The molecule has 0 atom stereocenters. The van der Waals surface area contributed by atoms with E-state index in [1.165, 1.54) is 32.1 Å². The molecule has 0 bridgehead atoms. The maximum atomic E-state index is 12.7. The molecule has 1 aliphatic heterocycles. The smallest absolute Gasteiger partial charge is 0.254 e. The van der Waals surface area contributed by atoms with E-state index in [9.17, 15) is 9.90 Å². The second-order valence-corrected chi connectivity index (χ2v) is 6.77. The summed E-state index contributed by atoms with van der Waals surface area (Å²) in [6.45, 7) is 7.42. The van der Waals surface area contributed by atoms with Gasteiger partial charge in [0.25, 0.3) is 5.91 Å². The Hall–Kier alpha value is -1.51. The Morgan fingerprint density at radius 3 is 2.38 bits per heavy atom. The maximum Gasteiger partial charge on any atom is 0.254 e. The van der Waals surface area contributed by atoms with Gasteiger partial charge in [0, 0.05) is 18.7 Å². The van der Waals surface area contributed by atoms with Crippen LogP contribution in [0, 0.1) is 26.7 Å². The predicted molar refractivity (Wildman–Crippen MR) is 83.6 cm³/mol. The number of benzene rings is 1. The SMILES string of the molecule is Cc1c(C)c2c(c(C)c1O)C(=O)N(CC1CCCCC1)C2. The zero-order chi connectivity index (χ0) is 15.1. The first-order valence-electron chi connectivity index (χ1n) is 8.11. The lowest BCUT2D eigenvalue weighted by Crippen LogP contribution is -2.31. The molecule has 2 aliphatic rings. The van der Waals surface area contributed by atoms with Crippen LogP contribution in [0.4, 0.5) is 0 Å². The van der Waals surface area contributed by atoms with Crippen LogP contribution in [0.15, 0.2) is 0 Å². The van der Waals surface area contributed by atoms with Crippen molar-refractivity contribution in [2.45, 2.75) is 59.4 Å². The second-order valence-electron chi connectivity index (χ2n) is 6.77. The molecule has 1 N–H and O–H groups in total. The van der Waals surface area contributed by atoms with E-state index in [2.05, 4.69) is 0 Å². The molecule has 3 heteroatoms. The van der Waals surface area contributed by atoms with Crippen molar-refractivity contribution < 1.29 is 9.90 Å². The van der Waals surface area contributed by atoms with Gasteiger partial charge in [0.05, 0.1) is 5.56 Å². The van der Waals surface area contributed by atoms with E-state index >= 15 is 0 Å². The highest BCUT2D eigenvalue weighted by atomic mass is 16.3. The number of phenolic OH excluding ortho intramolecular Hbond substituents is 1. The highest BCUT2D eigenvalue weighted by Crippen LogP contribution is 2.38. The van der Waals surface area contributed by atoms with Crippen LogP contribution in [-0.2, 0) is 6.54 Å². The lowest BCUT2D eigenvalue weighted by molar-refractivity contribution is 0.0737. The van der Waals surface area contributed by atoms with Crippen molar-refractivity contribution in [3.8, 4) is 5.75 Å². The molecule has 1 saturated carbocycles. The van der Waals surface area contributed by atoms with Gasteiger partial charge in [0.15, 0.2) is 0 Å². The molecule has 1 fully saturated rings. The van der Waals surface area contributed by atoms with Gasteiger partial charge in [-0.2, -0.15) is 0 Å². The minimum atomic E-state index is 0.117. The predicted octanol–water partition coefficient (Wildman–Crippen LogP) is 3.85. The third-order valence-electron chi connectivity index (χ3n) is 5.46. The number of amides is 1. The van der Waals surface area contributed by atoms with Crippen LogP contribution in [-0.4, -0.2) is 22.5 Å². The highest BCUT2D eigenvalue weighted by Gasteiger charge is 2.34. The fourth-order valence-corrected chi connectivity index (χ4v) is 3.95. The summed E-state index contributed by atoms with van der Waals surface area (Å²) in [6.07, 6.45) is 6.45. The van der Waals surface area contributed by atoms with Gasteiger partial charge >= 0.3 is 0 Å². The molecular weight excluding hydrogens is 262 g/mol. The normalized spacial score (nSPS) is 19.2. The molecule has 1 aromatic carbocycles. The van der Waals surface area contributed by atoms with Crippen LogP contribution in [0.5, 0.6) is 5.75 Å². The Labute approximate surface area is 127 Å². The van der Waals surface area contributed by atoms with E-state index in [4.69, 9.17) is 0 Å². The summed E-state index contributed by atoms with van der Waals surface area (Å²) in [4.78, 5) is 14.7. The molecule has 1 aromatic rings. The fraction of sp³-hybridized carbons (Fsp3) is 0.611. The summed E-state index contributed by atoms with van der Waals surface area (Å²) >= 11 is 0. The Bertz CT molecular complexity index is 586. The van der Waals surface area contributed by atoms with Gasteiger partial charge in [-0.25, -0.2) is 0 Å². The Balaban J connectivity index is 1.88. The molecule has 21 heavy (non-hydrogen) atoms. The van der Waals surface area contributed by atoms with Crippen LogP contribution in [0.2, 0.25) is 0 Å². The lowest BCUT2D eigenvalue weighted by atomic mass is 9.89. The summed E-state index contributed by atoms with van der Waals surface area (Å²) in [7, 11) is 0. The van der Waals surface area contributed by atoms with E-state index in [-0.39, 0.29) is 5.91 Å². The van der Waals surface area contributed by atoms with Gasteiger partial charge in [-0.05, 0) is 56.2 Å². The summed E-state index contributed by atoms with van der Waals surface area (Å²) in [5, 5.41) is 10.2. The Kier molecular flexibility index (Phi) is 3.68. The van der Waals surface area contributed by atoms with E-state index in [0.717, 1.165) is 40.9 Å². The molecule has 0 unspecified atom stereocenters. The van der Waals surface area contributed by atoms with Crippen molar-refractivity contribution >= 4 is 5.91 Å². The fourth-order valence-electron chi connectivity index (χ4n) is 3.95. The number of phenols is 1. The highest BCUT2D eigenvalue weighted by molar-refractivity contribution is 6.01. The monoisotopic (exact) mass is 287 g/mol. The molecule has 114 valence electrons. The number of aromatic hydroxyl groups is 1. The zero-order valence-electron chi connectivity index (χ0n) is 13.3. The average Bonchev–Trinajstić information content (AvgIpc) is 2.81. The van der Waals surface area contributed by atoms with Crippen LogP contribution in [0.3, 0.4) is 0 Å². The van der Waals surface area contributed by atoms with Gasteiger partial charge in [0.2, 0.25) is 0 Å². The number of carbonyl (C=O) groups is 1. The maximum absolute atomic E-state index is 12.7. The minimum Gasteiger partial charge on any atom is -0.507 e. The van der Waals surface area contributed by atoms with Crippen LogP contribution in [0.1, 0.15) is 64.7 Å². The third-order valence-corrected chi connectivity index (χ3v) is 5.46. The summed E-state index contributed by atoms with van der Waals surface area (Å²) in [5.74, 6) is 1.07. The lowest BCUT2D eigenvalue weighted by Gasteiger charge is -2.26. The number of fused-ring (bicyclic) bond motifs is 1. The molecule has 1 amide bonds. The number of nitrogens with zero attached hydrogens (tertiary/aromatic N) is 1. The van der Waals surface area contributed by atoms with Gasteiger partial charge < -0.3 is 10.0 Å². The number of hydrogen-bond donors (Lipinski definition) is 1. The Morgan fingerprint density at radius 2 is 1.71 bits per heavy atom. The molecule has 3 nitrogen and oxygen atoms in total. The average molecular weight is 287 g/mol. The molecule has 3 rings (SSSR count). The molecule has 1 aliphatic carbocycles. The van der Waals surface area contributed by atoms with Crippen molar-refractivity contribution in [3.05, 3.63) is 27.8 Å². The van der Waals surface area contributed by atoms with E-state index in [1.807, 2.05) is 25.7 Å². The Morgan fingerprint density at radius 1 is 1.05 bits per heavy atom. The van der Waals surface area contributed by atoms with Crippen LogP contribution >= 0.6 is 0 Å². The van der Waals surface area contributed by atoms with Crippen molar-refractivity contribution in [2.24, 2.45) is 5.92 Å². The number of carbonyl (C=O) groups excluding carboxylic acids is 1. The molecule has 0 aromatic heterocycles. The molecule has 0 spiro atoms. The summed E-state index contributed by atoms with van der Waals surface area (Å²) < 4.78 is 0. The van der Waals surface area contributed by atoms with Crippen molar-refractivity contribution in [1.29, 1.82) is 0 Å². The minimum absolute atomic E-state index is 0.117. The van der Waals surface area contributed by atoms with Crippen molar-refractivity contribution in [2.75, 3.05) is 6.54 Å². The first-order chi connectivity index (χ1) is 10.0. The van der Waals surface area contributed by atoms with Gasteiger partial charge in [-0.3, -0.25) is 4.79 Å². The van der Waals surface area contributed by atoms with Gasteiger partial charge in [-0.1, -0.05) is 19.3 Å². The number of hydrogen-bond acceptors (Lipinski definition) is 2. The van der Waals surface area contributed by atoms with Crippen molar-refractivity contribution in [3.63, 3.8) is 0 Å². The number of rotatable bonds is 2. The standard InChI is InChI=1S/C18H25NO2/c1-11-12(2)17(20)13(3)16-15(11)10-19(18(16)21)9-14-7-5-4-6-8-14/h14,20H,4-10H2,1-3H3. The molecule has 0 radical (unpaired) electrons. The zero-order valence-corrected chi connectivity index (χ0v) is 13.3. The largest absolute Gasteiger partial charge is 0.507 e. The van der Waals surface area contributed by atoms with Crippen LogP contribution < -0.4 is 0 Å². The molecular formula is C18H25NO2. The second kappa shape index (κ2) is 5.36. The van der Waals surface area contributed by atoms with Gasteiger partial charge in [-0.15, -0.1) is 0 Å². The summed E-state index contributed by atoms with van der Waals surface area (Å²) in [6, 6.07) is 0. The quantitative estimate of drug-likeness (QED) is 0.897. The topological polar surface area (TPSA) is 40.5 Å². The van der Waals surface area contributed by atoms with Crippen LogP contribution in [0.25, 0.3) is 0 Å². The van der Waals surface area contributed by atoms with E-state index in [1.54, 1.807) is 0 Å².